The highest BCUT2D eigenvalue weighted by atomic mass is 35.5. The van der Waals surface area contributed by atoms with E-state index in [1.807, 2.05) is 5.38 Å². The van der Waals surface area contributed by atoms with Gasteiger partial charge in [-0.15, -0.1) is 11.3 Å². The van der Waals surface area contributed by atoms with Crippen LogP contribution in [0.25, 0.3) is 0 Å². The van der Waals surface area contributed by atoms with Crippen LogP contribution < -0.4 is 10.1 Å². The number of hydrogen-bond acceptors (Lipinski definition) is 5. The maximum atomic E-state index is 12.3. The number of aromatic nitrogens is 1. The highest BCUT2D eigenvalue weighted by molar-refractivity contribution is 7.09. The minimum Gasteiger partial charge on any atom is -0.495 e. The van der Waals surface area contributed by atoms with E-state index in [4.69, 9.17) is 16.3 Å². The third-order valence-electron chi connectivity index (χ3n) is 3.38. The van der Waals surface area contributed by atoms with Crippen molar-refractivity contribution in [1.29, 1.82) is 0 Å². The number of carbonyl (C=O) groups excluding carboxylic acids is 2. The maximum Gasteiger partial charge on any atom is 0.230 e. The maximum absolute atomic E-state index is 12.3. The molecule has 0 radical (unpaired) electrons. The van der Waals surface area contributed by atoms with Crippen molar-refractivity contribution in [3.63, 3.8) is 0 Å². The summed E-state index contributed by atoms with van der Waals surface area (Å²) in [5, 5.41) is 5.78. The summed E-state index contributed by atoms with van der Waals surface area (Å²) in [5.74, 6) is 0.246. The third-order valence-corrected chi connectivity index (χ3v) is 4.94. The molecule has 0 saturated carbocycles. The molecule has 2 aromatic rings. The predicted molar refractivity (Wildman–Crippen MR) is 96.5 cm³/mol. The number of rotatable bonds is 6. The van der Waals surface area contributed by atoms with Crippen molar-refractivity contribution in [2.24, 2.45) is 0 Å². The predicted octanol–water partition coefficient (Wildman–Crippen LogP) is 4.31. The van der Waals surface area contributed by atoms with E-state index < -0.39 is 0 Å². The molecule has 0 aliphatic heterocycles. The van der Waals surface area contributed by atoms with Gasteiger partial charge in [-0.3, -0.25) is 9.59 Å². The van der Waals surface area contributed by atoms with E-state index in [9.17, 15) is 9.59 Å². The SMILES string of the molecule is COc1ccc(C(C)=O)c(NC(=O)Cc2csc(C(C)C)n2)c1Cl. The van der Waals surface area contributed by atoms with Gasteiger partial charge in [-0.1, -0.05) is 25.4 Å². The van der Waals surface area contributed by atoms with E-state index in [-0.39, 0.29) is 28.8 Å². The van der Waals surface area contributed by atoms with Gasteiger partial charge in [0.05, 0.1) is 29.9 Å². The van der Waals surface area contributed by atoms with Gasteiger partial charge >= 0.3 is 0 Å². The van der Waals surface area contributed by atoms with Crippen LogP contribution in [0.5, 0.6) is 5.75 Å². The molecule has 1 heterocycles. The number of benzene rings is 1. The lowest BCUT2D eigenvalue weighted by atomic mass is 10.1. The van der Waals surface area contributed by atoms with Gasteiger partial charge in [-0.2, -0.15) is 0 Å². The average molecular weight is 367 g/mol. The number of thiazole rings is 1. The zero-order chi connectivity index (χ0) is 17.9. The molecule has 0 aliphatic carbocycles. The van der Waals surface area contributed by atoms with Crippen LogP contribution in [0.3, 0.4) is 0 Å². The minimum atomic E-state index is -0.284. The molecule has 1 aromatic carbocycles. The van der Waals surface area contributed by atoms with Crippen molar-refractivity contribution < 1.29 is 14.3 Å². The number of ketones is 1. The van der Waals surface area contributed by atoms with Crippen LogP contribution in [0.15, 0.2) is 17.5 Å². The first-order valence-electron chi connectivity index (χ1n) is 7.45. The summed E-state index contributed by atoms with van der Waals surface area (Å²) < 4.78 is 5.14. The van der Waals surface area contributed by atoms with Crippen LogP contribution >= 0.6 is 22.9 Å². The van der Waals surface area contributed by atoms with E-state index in [1.165, 1.54) is 25.4 Å². The first-order chi connectivity index (χ1) is 11.3. The molecule has 24 heavy (non-hydrogen) atoms. The van der Waals surface area contributed by atoms with Gasteiger partial charge in [0.2, 0.25) is 5.91 Å². The second-order valence-corrected chi connectivity index (χ2v) is 6.88. The van der Waals surface area contributed by atoms with Crippen molar-refractivity contribution in [3.8, 4) is 5.75 Å². The molecule has 1 amide bonds. The first-order valence-corrected chi connectivity index (χ1v) is 8.70. The Balaban J connectivity index is 2.22. The van der Waals surface area contributed by atoms with Crippen LogP contribution in [-0.2, 0) is 11.2 Å². The van der Waals surface area contributed by atoms with Crippen LogP contribution in [0.1, 0.15) is 47.7 Å². The summed E-state index contributed by atoms with van der Waals surface area (Å²) in [6.07, 6.45) is 0.119. The van der Waals surface area contributed by atoms with Crippen molar-refractivity contribution in [2.75, 3.05) is 12.4 Å². The Labute approximate surface area is 150 Å². The number of hydrogen-bond donors (Lipinski definition) is 1. The van der Waals surface area contributed by atoms with Gasteiger partial charge < -0.3 is 10.1 Å². The molecule has 0 unspecified atom stereocenters. The molecule has 5 nitrogen and oxygen atoms in total. The minimum absolute atomic E-state index is 0.119. The summed E-state index contributed by atoms with van der Waals surface area (Å²) in [6, 6.07) is 3.19. The lowest BCUT2D eigenvalue weighted by molar-refractivity contribution is -0.115. The Kier molecular flexibility index (Phi) is 5.96. The zero-order valence-corrected chi connectivity index (χ0v) is 15.5. The van der Waals surface area contributed by atoms with Crippen molar-refractivity contribution >= 4 is 40.3 Å². The standard InChI is InChI=1S/C17H19ClN2O3S/c1-9(2)17-19-11(8-24-17)7-14(22)20-16-12(10(3)21)5-6-13(23-4)15(16)18/h5-6,8-9H,7H2,1-4H3,(H,20,22). The second kappa shape index (κ2) is 7.77. The summed E-state index contributed by atoms with van der Waals surface area (Å²) in [4.78, 5) is 28.5. The molecule has 1 N–H and O–H groups in total. The number of Topliss-reactive ketones (excluding diaryl/α,β-unsaturated/α-hetero) is 1. The van der Waals surface area contributed by atoms with Gasteiger partial charge in [0, 0.05) is 16.9 Å². The molecule has 0 bridgehead atoms. The summed E-state index contributed by atoms with van der Waals surface area (Å²) in [6.45, 7) is 5.53. The van der Waals surface area contributed by atoms with Crippen molar-refractivity contribution in [3.05, 3.63) is 38.8 Å². The topological polar surface area (TPSA) is 68.3 Å². The molecular weight excluding hydrogens is 348 g/mol. The summed E-state index contributed by atoms with van der Waals surface area (Å²) >= 11 is 7.78. The highest BCUT2D eigenvalue weighted by Gasteiger charge is 2.18. The molecule has 128 valence electrons. The van der Waals surface area contributed by atoms with Crippen LogP contribution in [0.2, 0.25) is 5.02 Å². The number of anilines is 1. The van der Waals surface area contributed by atoms with Gasteiger partial charge in [0.1, 0.15) is 10.8 Å². The number of methoxy groups -OCH3 is 1. The Morgan fingerprint density at radius 1 is 1.38 bits per heavy atom. The number of amides is 1. The Morgan fingerprint density at radius 3 is 2.62 bits per heavy atom. The zero-order valence-electron chi connectivity index (χ0n) is 14.0. The van der Waals surface area contributed by atoms with Gasteiger partial charge in [0.25, 0.3) is 0 Å². The molecule has 1 aromatic heterocycles. The van der Waals surface area contributed by atoms with E-state index >= 15 is 0 Å². The number of halogens is 1. The van der Waals surface area contributed by atoms with Crippen molar-refractivity contribution in [1.82, 2.24) is 4.98 Å². The molecule has 0 atom stereocenters. The van der Waals surface area contributed by atoms with Crippen LogP contribution in [0, 0.1) is 0 Å². The van der Waals surface area contributed by atoms with E-state index in [2.05, 4.69) is 24.1 Å². The molecule has 7 heteroatoms. The second-order valence-electron chi connectivity index (χ2n) is 5.62. The molecule has 0 saturated heterocycles. The molecular formula is C17H19ClN2O3S. The molecule has 0 fully saturated rings. The number of ether oxygens (including phenoxy) is 1. The van der Waals surface area contributed by atoms with Gasteiger partial charge in [0.15, 0.2) is 5.78 Å². The van der Waals surface area contributed by atoms with E-state index in [1.54, 1.807) is 12.1 Å². The smallest absolute Gasteiger partial charge is 0.230 e. The first kappa shape index (κ1) is 18.4. The fourth-order valence-corrected chi connectivity index (χ4v) is 3.27. The van der Waals surface area contributed by atoms with Crippen LogP contribution in [-0.4, -0.2) is 23.8 Å². The van der Waals surface area contributed by atoms with Crippen molar-refractivity contribution in [2.45, 2.75) is 33.1 Å². The monoisotopic (exact) mass is 366 g/mol. The Hall–Kier alpha value is -1.92. The molecule has 2 rings (SSSR count). The number of nitrogens with one attached hydrogen (secondary N) is 1. The van der Waals surface area contributed by atoms with E-state index in [0.717, 1.165) is 5.01 Å². The lowest BCUT2D eigenvalue weighted by Crippen LogP contribution is -2.17. The normalized spacial score (nSPS) is 10.8. The van der Waals surface area contributed by atoms with Gasteiger partial charge in [-0.05, 0) is 19.1 Å². The lowest BCUT2D eigenvalue weighted by Gasteiger charge is -2.13. The van der Waals surface area contributed by atoms with Gasteiger partial charge in [-0.25, -0.2) is 4.98 Å². The largest absolute Gasteiger partial charge is 0.495 e. The quantitative estimate of drug-likeness (QED) is 0.773. The third kappa shape index (κ3) is 4.13. The van der Waals surface area contributed by atoms with Crippen LogP contribution in [0.4, 0.5) is 5.69 Å². The Bertz CT molecular complexity index is 771. The fourth-order valence-electron chi connectivity index (χ4n) is 2.15. The highest BCUT2D eigenvalue weighted by Crippen LogP contribution is 2.35. The fraction of sp³-hybridized carbons (Fsp3) is 0.353. The average Bonchev–Trinajstić information content (AvgIpc) is 2.97. The number of carbonyl (C=O) groups is 2. The molecule has 0 spiro atoms. The number of nitrogens with zero attached hydrogens (tertiary/aromatic N) is 1. The summed E-state index contributed by atoms with van der Waals surface area (Å²) in [7, 11) is 1.48. The molecule has 0 aliphatic rings. The Morgan fingerprint density at radius 2 is 2.08 bits per heavy atom. The van der Waals surface area contributed by atoms with E-state index in [0.29, 0.717) is 22.9 Å². The summed E-state index contributed by atoms with van der Waals surface area (Å²) in [5.41, 5.74) is 1.31.